The molecular weight excluding hydrogens is 509 g/mol. The minimum absolute atomic E-state index is 0.0358. The van der Waals surface area contributed by atoms with Crippen molar-refractivity contribution in [3.05, 3.63) is 97.8 Å². The molecule has 3 aromatic rings. The number of non-ortho nitro benzene ring substituents is 1. The summed E-state index contributed by atoms with van der Waals surface area (Å²) in [6, 6.07) is 16.6. The van der Waals surface area contributed by atoms with Gasteiger partial charge in [0.1, 0.15) is 24.1 Å². The number of nitriles is 1. The van der Waals surface area contributed by atoms with E-state index in [1.807, 2.05) is 6.07 Å². The van der Waals surface area contributed by atoms with E-state index in [-0.39, 0.29) is 23.6 Å². The number of nitro groups is 1. The molecule has 0 saturated heterocycles. The standard InChI is InChI=1S/C24H17BrFN3O5/c1-33-22-11-15(10-20(25)23(22)34-14-16-5-2-3-8-21(16)26)9-17(13-27)24(30)28-18-6-4-7-19(12-18)29(31)32/h2-12H,14H2,1H3,(H,28,30)/b17-9+. The lowest BCUT2D eigenvalue weighted by molar-refractivity contribution is -0.384. The molecular formula is C24H17BrFN3O5. The lowest BCUT2D eigenvalue weighted by atomic mass is 10.1. The highest BCUT2D eigenvalue weighted by Crippen LogP contribution is 2.38. The number of nitro benzene ring substituents is 1. The molecule has 0 atom stereocenters. The van der Waals surface area contributed by atoms with E-state index in [4.69, 9.17) is 9.47 Å². The molecule has 0 bridgehead atoms. The van der Waals surface area contributed by atoms with E-state index >= 15 is 0 Å². The van der Waals surface area contributed by atoms with Gasteiger partial charge < -0.3 is 14.8 Å². The number of nitrogens with zero attached hydrogens (tertiary/aromatic N) is 2. The topological polar surface area (TPSA) is 114 Å². The van der Waals surface area contributed by atoms with E-state index in [0.717, 1.165) is 0 Å². The molecule has 1 amide bonds. The number of amides is 1. The highest BCUT2D eigenvalue weighted by atomic mass is 79.9. The molecule has 0 radical (unpaired) electrons. The van der Waals surface area contributed by atoms with Crippen LogP contribution in [0.3, 0.4) is 0 Å². The van der Waals surface area contributed by atoms with Crippen LogP contribution >= 0.6 is 15.9 Å². The number of methoxy groups -OCH3 is 1. The number of nitrogens with one attached hydrogen (secondary N) is 1. The molecule has 0 heterocycles. The minimum atomic E-state index is -0.738. The van der Waals surface area contributed by atoms with Gasteiger partial charge in [0.2, 0.25) is 0 Å². The second-order valence-corrected chi connectivity index (χ2v) is 7.70. The average Bonchev–Trinajstić information content (AvgIpc) is 2.82. The first-order valence-electron chi connectivity index (χ1n) is 9.73. The molecule has 0 fully saturated rings. The molecule has 0 spiro atoms. The summed E-state index contributed by atoms with van der Waals surface area (Å²) in [4.78, 5) is 22.9. The van der Waals surface area contributed by atoms with Gasteiger partial charge in [0.15, 0.2) is 11.5 Å². The zero-order chi connectivity index (χ0) is 24.7. The Bertz CT molecular complexity index is 1320. The summed E-state index contributed by atoms with van der Waals surface area (Å²) in [7, 11) is 1.42. The summed E-state index contributed by atoms with van der Waals surface area (Å²) in [5.41, 5.74) is 0.564. The van der Waals surface area contributed by atoms with Gasteiger partial charge in [-0.3, -0.25) is 14.9 Å². The summed E-state index contributed by atoms with van der Waals surface area (Å²) >= 11 is 3.38. The third-order valence-electron chi connectivity index (χ3n) is 4.57. The zero-order valence-corrected chi connectivity index (χ0v) is 19.3. The van der Waals surface area contributed by atoms with Gasteiger partial charge in [-0.25, -0.2) is 4.39 Å². The smallest absolute Gasteiger partial charge is 0.271 e. The van der Waals surface area contributed by atoms with E-state index in [2.05, 4.69) is 21.2 Å². The van der Waals surface area contributed by atoms with Crippen LogP contribution in [0.4, 0.5) is 15.8 Å². The first-order chi connectivity index (χ1) is 16.3. The van der Waals surface area contributed by atoms with Gasteiger partial charge in [-0.2, -0.15) is 5.26 Å². The van der Waals surface area contributed by atoms with E-state index in [9.17, 15) is 24.6 Å². The van der Waals surface area contributed by atoms with Crippen molar-refractivity contribution in [3.63, 3.8) is 0 Å². The van der Waals surface area contributed by atoms with Gasteiger partial charge in [-0.05, 0) is 51.8 Å². The molecule has 0 aromatic heterocycles. The zero-order valence-electron chi connectivity index (χ0n) is 17.7. The van der Waals surface area contributed by atoms with Gasteiger partial charge in [-0.1, -0.05) is 24.3 Å². The monoisotopic (exact) mass is 525 g/mol. The molecule has 34 heavy (non-hydrogen) atoms. The Morgan fingerprint density at radius 2 is 2.00 bits per heavy atom. The Kier molecular flexibility index (Phi) is 7.95. The van der Waals surface area contributed by atoms with Crippen molar-refractivity contribution in [2.24, 2.45) is 0 Å². The predicted molar refractivity (Wildman–Crippen MR) is 127 cm³/mol. The third-order valence-corrected chi connectivity index (χ3v) is 5.16. The van der Waals surface area contributed by atoms with Gasteiger partial charge in [0, 0.05) is 23.4 Å². The predicted octanol–water partition coefficient (Wildman–Crippen LogP) is 5.63. The van der Waals surface area contributed by atoms with Crippen molar-refractivity contribution in [3.8, 4) is 17.6 Å². The van der Waals surface area contributed by atoms with Crippen LogP contribution in [0.15, 0.2) is 70.7 Å². The quantitative estimate of drug-likeness (QED) is 0.176. The van der Waals surface area contributed by atoms with E-state index < -0.39 is 16.6 Å². The van der Waals surface area contributed by atoms with Crippen LogP contribution in [0, 0.1) is 27.3 Å². The summed E-state index contributed by atoms with van der Waals surface area (Å²) in [6.07, 6.45) is 1.33. The largest absolute Gasteiger partial charge is 0.493 e. The first kappa shape index (κ1) is 24.4. The Morgan fingerprint density at radius 1 is 1.24 bits per heavy atom. The number of anilines is 1. The lowest BCUT2D eigenvalue weighted by Gasteiger charge is -2.14. The number of carbonyl (C=O) groups is 1. The van der Waals surface area contributed by atoms with Crippen LogP contribution in [-0.2, 0) is 11.4 Å². The molecule has 1 N–H and O–H groups in total. The lowest BCUT2D eigenvalue weighted by Crippen LogP contribution is -2.13. The second kappa shape index (κ2) is 11.1. The van der Waals surface area contributed by atoms with Crippen molar-refractivity contribution in [1.82, 2.24) is 0 Å². The number of benzene rings is 3. The number of ether oxygens (including phenoxy) is 2. The molecule has 0 aliphatic rings. The van der Waals surface area contributed by atoms with Crippen molar-refractivity contribution in [1.29, 1.82) is 5.26 Å². The molecule has 3 aromatic carbocycles. The molecule has 0 aliphatic carbocycles. The van der Waals surface area contributed by atoms with Crippen molar-refractivity contribution >= 4 is 39.3 Å². The fraction of sp³-hybridized carbons (Fsp3) is 0.0833. The van der Waals surface area contributed by atoms with Gasteiger partial charge in [-0.15, -0.1) is 0 Å². The summed E-state index contributed by atoms with van der Waals surface area (Å²) in [5, 5.41) is 22.9. The number of hydrogen-bond donors (Lipinski definition) is 1. The Morgan fingerprint density at radius 3 is 2.68 bits per heavy atom. The second-order valence-electron chi connectivity index (χ2n) is 6.85. The molecule has 0 aliphatic heterocycles. The van der Waals surface area contributed by atoms with Crippen LogP contribution in [0.25, 0.3) is 6.08 Å². The van der Waals surface area contributed by atoms with Crippen molar-refractivity contribution < 1.29 is 23.6 Å². The maximum atomic E-state index is 13.9. The SMILES string of the molecule is COc1cc(/C=C(\C#N)C(=O)Nc2cccc([N+](=O)[O-])c2)cc(Br)c1OCc1ccccc1F. The maximum Gasteiger partial charge on any atom is 0.271 e. The first-order valence-corrected chi connectivity index (χ1v) is 10.5. The van der Waals surface area contributed by atoms with Gasteiger partial charge >= 0.3 is 0 Å². The molecule has 10 heteroatoms. The van der Waals surface area contributed by atoms with Crippen molar-refractivity contribution in [2.45, 2.75) is 6.61 Å². The Balaban J connectivity index is 1.83. The number of rotatable bonds is 8. The number of carbonyl (C=O) groups excluding carboxylic acids is 1. The van der Waals surface area contributed by atoms with Crippen LogP contribution in [0.5, 0.6) is 11.5 Å². The van der Waals surface area contributed by atoms with Crippen LogP contribution < -0.4 is 14.8 Å². The summed E-state index contributed by atoms with van der Waals surface area (Å²) in [6.45, 7) is -0.0358. The summed E-state index contributed by atoms with van der Waals surface area (Å²) < 4.78 is 25.5. The van der Waals surface area contributed by atoms with Gasteiger partial charge in [0.25, 0.3) is 11.6 Å². The molecule has 0 saturated carbocycles. The average molecular weight is 526 g/mol. The van der Waals surface area contributed by atoms with Crippen LogP contribution in [0.2, 0.25) is 0 Å². The number of halogens is 2. The van der Waals surface area contributed by atoms with Crippen molar-refractivity contribution in [2.75, 3.05) is 12.4 Å². The van der Waals surface area contributed by atoms with Crippen LogP contribution in [-0.4, -0.2) is 17.9 Å². The minimum Gasteiger partial charge on any atom is -0.493 e. The van der Waals surface area contributed by atoms with Gasteiger partial charge in [0.05, 0.1) is 16.5 Å². The fourth-order valence-electron chi connectivity index (χ4n) is 2.94. The fourth-order valence-corrected chi connectivity index (χ4v) is 3.51. The normalized spacial score (nSPS) is 10.8. The third kappa shape index (κ3) is 5.96. The van der Waals surface area contributed by atoms with E-state index in [0.29, 0.717) is 27.1 Å². The molecule has 8 nitrogen and oxygen atoms in total. The summed E-state index contributed by atoms with van der Waals surface area (Å²) in [5.74, 6) is -0.515. The highest BCUT2D eigenvalue weighted by molar-refractivity contribution is 9.10. The molecule has 3 rings (SSSR count). The Labute approximate surface area is 202 Å². The van der Waals surface area contributed by atoms with Crippen LogP contribution in [0.1, 0.15) is 11.1 Å². The maximum absolute atomic E-state index is 13.9. The van der Waals surface area contributed by atoms with E-state index in [1.165, 1.54) is 43.5 Å². The highest BCUT2D eigenvalue weighted by Gasteiger charge is 2.16. The molecule has 0 unspecified atom stereocenters. The van der Waals surface area contributed by atoms with E-state index in [1.54, 1.807) is 30.3 Å². The molecule has 172 valence electrons. The Hall–Kier alpha value is -4.23. The number of hydrogen-bond acceptors (Lipinski definition) is 6.